The van der Waals surface area contributed by atoms with Crippen LogP contribution in [-0.2, 0) is 0 Å². The fraction of sp³-hybridized carbons (Fsp3) is 0.333. The van der Waals surface area contributed by atoms with E-state index in [1.807, 2.05) is 0 Å². The number of benzene rings is 1. The average Bonchev–Trinajstić information content (AvgIpc) is 2.06. The van der Waals surface area contributed by atoms with Crippen LogP contribution in [0.4, 0.5) is 0 Å². The zero-order chi connectivity index (χ0) is 7.68. The van der Waals surface area contributed by atoms with Crippen molar-refractivity contribution in [3.63, 3.8) is 0 Å². The van der Waals surface area contributed by atoms with Crippen LogP contribution in [0, 0.1) is 0 Å². The molecule has 0 saturated carbocycles. The molecule has 0 fully saturated rings. The first-order valence-corrected chi connectivity index (χ1v) is 4.98. The lowest BCUT2D eigenvalue weighted by Gasteiger charge is -2.21. The highest BCUT2D eigenvalue weighted by molar-refractivity contribution is 7.99. The lowest BCUT2D eigenvalue weighted by molar-refractivity contribution is 0.680. The van der Waals surface area contributed by atoms with Crippen molar-refractivity contribution in [2.24, 2.45) is 5.73 Å². The minimum absolute atomic E-state index is 0.285. The number of rotatable bonds is 0. The molecule has 0 saturated heterocycles. The standard InChI is InChI=1S/C9H12NS/c10-8-5-6-11-9-4-2-1-3-7(8)9/h1-4,8,11H,5-6,10H2. The fourth-order valence-electron chi connectivity index (χ4n) is 1.42. The molecule has 2 rings (SSSR count). The van der Waals surface area contributed by atoms with Crippen LogP contribution < -0.4 is 5.73 Å². The van der Waals surface area contributed by atoms with Gasteiger partial charge in [-0.2, -0.15) is 11.8 Å². The fourth-order valence-corrected chi connectivity index (χ4v) is 2.69. The van der Waals surface area contributed by atoms with E-state index in [0.29, 0.717) is 0 Å². The molecule has 1 unspecified atom stereocenters. The zero-order valence-electron chi connectivity index (χ0n) is 6.33. The van der Waals surface area contributed by atoms with Crippen LogP contribution in [0.5, 0.6) is 0 Å². The number of hydrogen-bond acceptors (Lipinski definition) is 1. The molecule has 1 heterocycles. The molecule has 2 heteroatoms. The lowest BCUT2D eigenvalue weighted by Crippen LogP contribution is -2.15. The van der Waals surface area contributed by atoms with Gasteiger partial charge in [0, 0.05) is 6.04 Å². The second-order valence-corrected chi connectivity index (χ2v) is 4.08. The first-order valence-electron chi connectivity index (χ1n) is 3.90. The summed E-state index contributed by atoms with van der Waals surface area (Å²) in [7, 11) is 0. The van der Waals surface area contributed by atoms with Gasteiger partial charge >= 0.3 is 0 Å². The smallest absolute Gasteiger partial charge is 0.0313 e. The summed E-state index contributed by atoms with van der Waals surface area (Å²) < 4.78 is 0. The second-order valence-electron chi connectivity index (χ2n) is 2.84. The Balaban J connectivity index is 2.44. The van der Waals surface area contributed by atoms with Gasteiger partial charge < -0.3 is 5.73 Å². The van der Waals surface area contributed by atoms with Crippen molar-refractivity contribution in [1.29, 1.82) is 0 Å². The van der Waals surface area contributed by atoms with Gasteiger partial charge in [-0.25, -0.2) is 0 Å². The molecule has 0 amide bonds. The highest BCUT2D eigenvalue weighted by Crippen LogP contribution is 2.34. The first-order chi connectivity index (χ1) is 5.38. The van der Waals surface area contributed by atoms with Gasteiger partial charge in [0.15, 0.2) is 0 Å². The van der Waals surface area contributed by atoms with Gasteiger partial charge in [-0.05, 0) is 28.7 Å². The highest BCUT2D eigenvalue weighted by atomic mass is 32.2. The van der Waals surface area contributed by atoms with Crippen molar-refractivity contribution in [2.75, 3.05) is 5.75 Å². The van der Waals surface area contributed by atoms with Crippen LogP contribution >= 0.6 is 11.8 Å². The van der Waals surface area contributed by atoms with E-state index in [0.717, 1.165) is 6.42 Å². The van der Waals surface area contributed by atoms with Crippen LogP contribution in [-0.4, -0.2) is 5.75 Å². The number of nitrogens with two attached hydrogens (primary N) is 1. The summed E-state index contributed by atoms with van der Waals surface area (Å²) in [4.78, 5) is 1.42. The number of fused-ring (bicyclic) bond motifs is 1. The van der Waals surface area contributed by atoms with Crippen molar-refractivity contribution in [3.05, 3.63) is 29.8 Å². The Bertz CT molecular complexity index is 259. The summed E-state index contributed by atoms with van der Waals surface area (Å²) >= 11 is 1.45. The summed E-state index contributed by atoms with van der Waals surface area (Å²) in [6, 6.07) is 8.76. The minimum atomic E-state index is 0.285. The second kappa shape index (κ2) is 2.88. The minimum Gasteiger partial charge on any atom is -0.324 e. The van der Waals surface area contributed by atoms with E-state index in [1.165, 1.54) is 28.0 Å². The van der Waals surface area contributed by atoms with E-state index >= 15 is 0 Å². The Labute approximate surface area is 71.0 Å². The Morgan fingerprint density at radius 3 is 3.00 bits per heavy atom. The average molecular weight is 166 g/mol. The Morgan fingerprint density at radius 2 is 2.18 bits per heavy atom. The Morgan fingerprint density at radius 1 is 1.36 bits per heavy atom. The maximum atomic E-state index is 5.94. The monoisotopic (exact) mass is 166 g/mol. The van der Waals surface area contributed by atoms with Crippen LogP contribution in [0.25, 0.3) is 0 Å². The number of hydrogen-bond donors (Lipinski definition) is 2. The molecule has 1 atom stereocenters. The van der Waals surface area contributed by atoms with Crippen LogP contribution in [0.15, 0.2) is 29.2 Å². The summed E-state index contributed by atoms with van der Waals surface area (Å²) in [6.07, 6.45) is 1.14. The summed E-state index contributed by atoms with van der Waals surface area (Å²) in [5.74, 6) is 1.22. The third kappa shape index (κ3) is 1.28. The molecule has 1 radical (unpaired) electrons. The number of thiol groups is 1. The van der Waals surface area contributed by atoms with E-state index in [1.54, 1.807) is 0 Å². The molecule has 1 aromatic carbocycles. The summed E-state index contributed by atoms with van der Waals surface area (Å²) in [5.41, 5.74) is 7.29. The molecule has 59 valence electrons. The van der Waals surface area contributed by atoms with Gasteiger partial charge in [0.05, 0.1) is 0 Å². The molecule has 0 bridgehead atoms. The largest absolute Gasteiger partial charge is 0.324 e. The van der Waals surface area contributed by atoms with E-state index in [2.05, 4.69) is 24.3 Å². The first kappa shape index (κ1) is 7.19. The van der Waals surface area contributed by atoms with Crippen molar-refractivity contribution in [1.82, 2.24) is 0 Å². The lowest BCUT2D eigenvalue weighted by atomic mass is 10.1. The highest BCUT2D eigenvalue weighted by Gasteiger charge is 2.14. The quantitative estimate of drug-likeness (QED) is 0.566. The molecule has 1 aliphatic rings. The topological polar surface area (TPSA) is 26.0 Å². The maximum Gasteiger partial charge on any atom is 0.0313 e. The van der Waals surface area contributed by atoms with Gasteiger partial charge in [0.25, 0.3) is 0 Å². The molecule has 1 nitrogen and oxygen atoms in total. The van der Waals surface area contributed by atoms with Gasteiger partial charge in [0.2, 0.25) is 0 Å². The molecule has 0 aromatic heterocycles. The molecule has 1 aromatic rings. The van der Waals surface area contributed by atoms with Gasteiger partial charge in [-0.3, -0.25) is 0 Å². The van der Waals surface area contributed by atoms with E-state index in [9.17, 15) is 0 Å². The summed E-state index contributed by atoms with van der Waals surface area (Å²) in [6.45, 7) is 0. The zero-order valence-corrected chi connectivity index (χ0v) is 7.22. The Hall–Kier alpha value is -0.470. The van der Waals surface area contributed by atoms with Crippen molar-refractivity contribution in [3.8, 4) is 0 Å². The molecular weight excluding hydrogens is 154 g/mol. The summed E-state index contributed by atoms with van der Waals surface area (Å²) in [5, 5.41) is 0. The normalized spacial score (nSPS) is 22.8. The van der Waals surface area contributed by atoms with Crippen LogP contribution in [0.3, 0.4) is 0 Å². The van der Waals surface area contributed by atoms with Crippen LogP contribution in [0.1, 0.15) is 18.0 Å². The molecule has 0 spiro atoms. The van der Waals surface area contributed by atoms with Gasteiger partial charge in [-0.15, -0.1) is 0 Å². The third-order valence-corrected chi connectivity index (χ3v) is 3.29. The van der Waals surface area contributed by atoms with Crippen molar-refractivity contribution < 1.29 is 0 Å². The van der Waals surface area contributed by atoms with Crippen LogP contribution in [0.2, 0.25) is 0 Å². The SMILES string of the molecule is NC1CC[SH]c2ccccc21. The maximum absolute atomic E-state index is 5.94. The van der Waals surface area contributed by atoms with Crippen molar-refractivity contribution in [2.45, 2.75) is 17.4 Å². The third-order valence-electron chi connectivity index (χ3n) is 2.06. The van der Waals surface area contributed by atoms with E-state index < -0.39 is 0 Å². The van der Waals surface area contributed by atoms with E-state index in [4.69, 9.17) is 5.73 Å². The van der Waals surface area contributed by atoms with E-state index in [-0.39, 0.29) is 6.04 Å². The Kier molecular flexibility index (Phi) is 1.88. The molecule has 1 aliphatic heterocycles. The molecular formula is C9H12NS. The molecule has 0 aliphatic carbocycles. The molecule has 11 heavy (non-hydrogen) atoms. The van der Waals surface area contributed by atoms with Gasteiger partial charge in [0.1, 0.15) is 0 Å². The predicted octanol–water partition coefficient (Wildman–Crippen LogP) is 1.91. The van der Waals surface area contributed by atoms with Gasteiger partial charge in [-0.1, -0.05) is 18.2 Å². The predicted molar refractivity (Wildman–Crippen MR) is 50.1 cm³/mol. The molecule has 2 N–H and O–H groups in total. The van der Waals surface area contributed by atoms with Crippen molar-refractivity contribution >= 4 is 11.8 Å².